The minimum Gasteiger partial charge on any atom is -0.454 e. The van der Waals surface area contributed by atoms with Gasteiger partial charge in [0.05, 0.1) is 30.2 Å². The van der Waals surface area contributed by atoms with Crippen molar-refractivity contribution in [1.82, 2.24) is 19.6 Å². The fourth-order valence-electron chi connectivity index (χ4n) is 3.13. The molecule has 0 spiro atoms. The maximum absolute atomic E-state index is 14.0. The monoisotopic (exact) mass is 393 g/mol. The molecular formula is C21H20FN5O2. The number of benzene rings is 1. The van der Waals surface area contributed by atoms with Gasteiger partial charge in [0.2, 0.25) is 0 Å². The van der Waals surface area contributed by atoms with E-state index >= 15 is 0 Å². The Morgan fingerprint density at radius 2 is 1.97 bits per heavy atom. The number of amides is 1. The summed E-state index contributed by atoms with van der Waals surface area (Å²) < 4.78 is 23.0. The van der Waals surface area contributed by atoms with Crippen LogP contribution in [0.15, 0.2) is 59.3 Å². The molecule has 0 unspecified atom stereocenters. The van der Waals surface area contributed by atoms with Crippen molar-refractivity contribution in [3.63, 3.8) is 0 Å². The fraction of sp³-hybridized carbons (Fsp3) is 0.190. The van der Waals surface area contributed by atoms with Gasteiger partial charge in [0.1, 0.15) is 11.6 Å². The van der Waals surface area contributed by atoms with E-state index in [4.69, 9.17) is 4.42 Å². The van der Waals surface area contributed by atoms with Crippen molar-refractivity contribution in [3.8, 4) is 0 Å². The molecule has 3 aromatic heterocycles. The highest BCUT2D eigenvalue weighted by Gasteiger charge is 2.18. The Kier molecular flexibility index (Phi) is 4.99. The van der Waals surface area contributed by atoms with Crippen LogP contribution in [0.3, 0.4) is 0 Å². The third-order valence-corrected chi connectivity index (χ3v) is 4.66. The summed E-state index contributed by atoms with van der Waals surface area (Å²) in [5, 5.41) is 11.4. The lowest BCUT2D eigenvalue weighted by molar-refractivity contribution is 0.0994. The van der Waals surface area contributed by atoms with Gasteiger partial charge in [0.15, 0.2) is 5.76 Å². The number of carbonyl (C=O) groups excluding carboxylic acids is 1. The predicted molar refractivity (Wildman–Crippen MR) is 105 cm³/mol. The van der Waals surface area contributed by atoms with E-state index in [1.807, 2.05) is 19.2 Å². The molecule has 7 nitrogen and oxygen atoms in total. The van der Waals surface area contributed by atoms with Crippen molar-refractivity contribution in [2.24, 2.45) is 0 Å². The quantitative estimate of drug-likeness (QED) is 0.541. The largest absolute Gasteiger partial charge is 0.454 e. The number of nitrogens with zero attached hydrogens (tertiary/aromatic N) is 4. The highest BCUT2D eigenvalue weighted by atomic mass is 19.1. The molecule has 3 heterocycles. The van der Waals surface area contributed by atoms with Crippen LogP contribution in [0.5, 0.6) is 0 Å². The van der Waals surface area contributed by atoms with E-state index in [0.29, 0.717) is 29.2 Å². The van der Waals surface area contributed by atoms with Crippen LogP contribution in [0.4, 0.5) is 10.1 Å². The average Bonchev–Trinajstić information content (AvgIpc) is 3.43. The lowest BCUT2D eigenvalue weighted by Gasteiger charge is -2.07. The maximum Gasteiger partial charge on any atom is 0.291 e. The van der Waals surface area contributed by atoms with Gasteiger partial charge in [-0.25, -0.2) is 4.39 Å². The van der Waals surface area contributed by atoms with Crippen LogP contribution in [0, 0.1) is 19.7 Å². The molecule has 1 N–H and O–H groups in total. The van der Waals surface area contributed by atoms with Crippen molar-refractivity contribution < 1.29 is 13.6 Å². The predicted octanol–water partition coefficient (Wildman–Crippen LogP) is 3.78. The molecule has 0 fully saturated rings. The molecule has 0 saturated carbocycles. The Morgan fingerprint density at radius 1 is 1.14 bits per heavy atom. The molecule has 1 aromatic carbocycles. The van der Waals surface area contributed by atoms with E-state index in [9.17, 15) is 9.18 Å². The van der Waals surface area contributed by atoms with E-state index in [2.05, 4.69) is 15.5 Å². The fourth-order valence-corrected chi connectivity index (χ4v) is 3.13. The van der Waals surface area contributed by atoms with Gasteiger partial charge in [-0.1, -0.05) is 18.2 Å². The Bertz CT molecular complexity index is 1140. The summed E-state index contributed by atoms with van der Waals surface area (Å²) in [6.45, 7) is 4.36. The number of hydrogen-bond acceptors (Lipinski definition) is 4. The van der Waals surface area contributed by atoms with Crippen LogP contribution in [0.25, 0.3) is 0 Å². The van der Waals surface area contributed by atoms with Crippen molar-refractivity contribution in [1.29, 1.82) is 0 Å². The smallest absolute Gasteiger partial charge is 0.291 e. The van der Waals surface area contributed by atoms with Crippen LogP contribution >= 0.6 is 0 Å². The summed E-state index contributed by atoms with van der Waals surface area (Å²) in [4.78, 5) is 12.6. The first kappa shape index (κ1) is 18.7. The number of halogens is 1. The second-order valence-electron chi connectivity index (χ2n) is 6.72. The Labute approximate surface area is 166 Å². The number of nitrogens with one attached hydrogen (secondary N) is 1. The number of hydrogen-bond donors (Lipinski definition) is 1. The van der Waals surface area contributed by atoms with Gasteiger partial charge in [-0.05, 0) is 38.1 Å². The zero-order chi connectivity index (χ0) is 20.4. The number of furan rings is 1. The van der Waals surface area contributed by atoms with Gasteiger partial charge in [-0.3, -0.25) is 14.2 Å². The molecule has 0 saturated heterocycles. The maximum atomic E-state index is 14.0. The lowest BCUT2D eigenvalue weighted by Crippen LogP contribution is -2.13. The summed E-state index contributed by atoms with van der Waals surface area (Å²) in [5.41, 5.74) is 2.51. The Morgan fingerprint density at radius 3 is 2.72 bits per heavy atom. The molecule has 148 valence electrons. The van der Waals surface area contributed by atoms with E-state index in [0.717, 1.165) is 5.69 Å². The number of carbonyl (C=O) groups is 1. The number of anilines is 1. The summed E-state index contributed by atoms with van der Waals surface area (Å²) in [6, 6.07) is 11.8. The SMILES string of the molecule is Cc1nn(Cc2ccccc2F)c(C)c1NC(=O)c1ccc(Cn2cccn2)o1. The number of rotatable bonds is 6. The normalized spacial score (nSPS) is 11.0. The number of aromatic nitrogens is 4. The standard InChI is InChI=1S/C21H20FN5O2/c1-14-20(15(2)27(25-14)12-16-6-3-4-7-18(16)22)24-21(28)19-9-8-17(29-19)13-26-11-5-10-23-26/h3-11H,12-13H2,1-2H3,(H,24,28). The second-order valence-corrected chi connectivity index (χ2v) is 6.72. The van der Waals surface area contributed by atoms with Gasteiger partial charge in [-0.15, -0.1) is 0 Å². The second kappa shape index (κ2) is 7.75. The Balaban J connectivity index is 1.49. The molecular weight excluding hydrogens is 373 g/mol. The van der Waals surface area contributed by atoms with E-state index in [1.54, 1.807) is 52.8 Å². The van der Waals surface area contributed by atoms with Crippen LogP contribution < -0.4 is 5.32 Å². The molecule has 0 atom stereocenters. The molecule has 4 rings (SSSR count). The van der Waals surface area contributed by atoms with Gasteiger partial charge in [0.25, 0.3) is 5.91 Å². The van der Waals surface area contributed by atoms with E-state index < -0.39 is 0 Å². The molecule has 4 aromatic rings. The first-order valence-electron chi connectivity index (χ1n) is 9.16. The molecule has 8 heteroatoms. The molecule has 0 aliphatic heterocycles. The minimum atomic E-state index is -0.367. The molecule has 0 bridgehead atoms. The summed E-state index contributed by atoms with van der Waals surface area (Å²) >= 11 is 0. The van der Waals surface area contributed by atoms with Crippen LogP contribution in [0.2, 0.25) is 0 Å². The van der Waals surface area contributed by atoms with Crippen molar-refractivity contribution in [2.45, 2.75) is 26.9 Å². The lowest BCUT2D eigenvalue weighted by atomic mass is 10.2. The van der Waals surface area contributed by atoms with Crippen molar-refractivity contribution in [2.75, 3.05) is 5.32 Å². The molecule has 0 radical (unpaired) electrons. The zero-order valence-corrected chi connectivity index (χ0v) is 16.1. The highest BCUT2D eigenvalue weighted by molar-refractivity contribution is 6.02. The first-order valence-corrected chi connectivity index (χ1v) is 9.16. The Hall–Kier alpha value is -3.68. The first-order chi connectivity index (χ1) is 14.0. The summed E-state index contributed by atoms with van der Waals surface area (Å²) in [7, 11) is 0. The molecule has 0 aliphatic carbocycles. The molecule has 29 heavy (non-hydrogen) atoms. The minimum absolute atomic E-state index is 0.202. The third kappa shape index (κ3) is 3.96. The van der Waals surface area contributed by atoms with Gasteiger partial charge in [-0.2, -0.15) is 10.2 Å². The van der Waals surface area contributed by atoms with Crippen molar-refractivity contribution in [3.05, 3.63) is 89.1 Å². The van der Waals surface area contributed by atoms with Gasteiger partial charge >= 0.3 is 0 Å². The molecule has 0 aliphatic rings. The summed E-state index contributed by atoms with van der Waals surface area (Å²) in [5.74, 6) is 0.176. The summed E-state index contributed by atoms with van der Waals surface area (Å²) in [6.07, 6.45) is 3.50. The van der Waals surface area contributed by atoms with Crippen LogP contribution in [-0.2, 0) is 13.1 Å². The third-order valence-electron chi connectivity index (χ3n) is 4.66. The van der Waals surface area contributed by atoms with Gasteiger partial charge < -0.3 is 9.73 Å². The van der Waals surface area contributed by atoms with Gasteiger partial charge in [0, 0.05) is 18.0 Å². The highest BCUT2D eigenvalue weighted by Crippen LogP contribution is 2.22. The zero-order valence-electron chi connectivity index (χ0n) is 16.1. The average molecular weight is 393 g/mol. The van der Waals surface area contributed by atoms with Crippen LogP contribution in [0.1, 0.15) is 33.3 Å². The van der Waals surface area contributed by atoms with Crippen molar-refractivity contribution >= 4 is 11.6 Å². The van der Waals surface area contributed by atoms with E-state index in [1.165, 1.54) is 6.07 Å². The number of aryl methyl sites for hydroxylation is 1. The van der Waals surface area contributed by atoms with Crippen LogP contribution in [-0.4, -0.2) is 25.5 Å². The topological polar surface area (TPSA) is 77.9 Å². The molecule has 1 amide bonds. The van der Waals surface area contributed by atoms with E-state index in [-0.39, 0.29) is 24.0 Å².